The van der Waals surface area contributed by atoms with Crippen LogP contribution in [-0.2, 0) is 4.79 Å². The van der Waals surface area contributed by atoms with Gasteiger partial charge in [0.25, 0.3) is 0 Å². The number of carbonyl (C=O) groups is 1. The summed E-state index contributed by atoms with van der Waals surface area (Å²) in [5.41, 5.74) is 1.69. The van der Waals surface area contributed by atoms with Gasteiger partial charge in [-0.1, -0.05) is 41.0 Å². The molecule has 2 aromatic carbocycles. The number of amides is 1. The Balaban J connectivity index is 1.61. The summed E-state index contributed by atoms with van der Waals surface area (Å²) < 4.78 is 5.16. The Hall–Kier alpha value is -2.22. The molecule has 0 spiro atoms. The predicted octanol–water partition coefficient (Wildman–Crippen LogP) is 5.15. The van der Waals surface area contributed by atoms with Crippen LogP contribution < -0.4 is 10.1 Å². The van der Waals surface area contributed by atoms with Crippen LogP contribution in [-0.4, -0.2) is 33.4 Å². The van der Waals surface area contributed by atoms with E-state index in [0.717, 1.165) is 16.9 Å². The molecule has 0 radical (unpaired) electrons. The van der Waals surface area contributed by atoms with Gasteiger partial charge in [-0.05, 0) is 55.8 Å². The molecule has 29 heavy (non-hydrogen) atoms. The zero-order valence-corrected chi connectivity index (χ0v) is 18.4. The third-order valence-electron chi connectivity index (χ3n) is 4.27. The maximum Gasteiger partial charge on any atom is 0.233 e. The van der Waals surface area contributed by atoms with Gasteiger partial charge in [-0.2, -0.15) is 0 Å². The van der Waals surface area contributed by atoms with Crippen molar-refractivity contribution in [1.29, 1.82) is 0 Å². The molecule has 3 aromatic rings. The molecule has 0 fully saturated rings. The van der Waals surface area contributed by atoms with E-state index in [0.29, 0.717) is 21.0 Å². The Bertz CT molecular complexity index is 994. The third kappa shape index (κ3) is 5.44. The largest absolute Gasteiger partial charge is 0.497 e. The van der Waals surface area contributed by atoms with Crippen molar-refractivity contribution in [2.45, 2.75) is 30.3 Å². The second-order valence-corrected chi connectivity index (χ2v) is 8.50. The van der Waals surface area contributed by atoms with E-state index in [2.05, 4.69) is 20.5 Å². The Kier molecular flexibility index (Phi) is 7.05. The fourth-order valence-corrected chi connectivity index (χ4v) is 3.96. The first kappa shape index (κ1) is 21.5. The molecule has 0 saturated heterocycles. The first-order chi connectivity index (χ1) is 13.9. The number of aromatic nitrogens is 3. The van der Waals surface area contributed by atoms with Gasteiger partial charge in [0.15, 0.2) is 5.82 Å². The van der Waals surface area contributed by atoms with Gasteiger partial charge in [0.1, 0.15) is 5.75 Å². The van der Waals surface area contributed by atoms with E-state index in [1.807, 2.05) is 37.3 Å². The lowest BCUT2D eigenvalue weighted by Gasteiger charge is -2.18. The molecular weight excluding hydrogens is 431 g/mol. The Morgan fingerprint density at radius 3 is 2.55 bits per heavy atom. The van der Waals surface area contributed by atoms with E-state index in [-0.39, 0.29) is 17.2 Å². The molecule has 0 aliphatic rings. The fourth-order valence-electron chi connectivity index (χ4n) is 2.65. The number of benzene rings is 2. The van der Waals surface area contributed by atoms with Crippen LogP contribution in [0, 0.1) is 0 Å². The van der Waals surface area contributed by atoms with E-state index >= 15 is 0 Å². The number of rotatable bonds is 7. The van der Waals surface area contributed by atoms with Gasteiger partial charge < -0.3 is 10.1 Å². The zero-order valence-electron chi connectivity index (χ0n) is 16.1. The molecule has 2 unspecified atom stereocenters. The van der Waals surface area contributed by atoms with Crippen LogP contribution in [0.25, 0.3) is 11.4 Å². The molecule has 1 heterocycles. The molecule has 2 N–H and O–H groups in total. The summed E-state index contributed by atoms with van der Waals surface area (Å²) in [6.07, 6.45) is 0. The number of nitrogens with zero attached hydrogens (tertiary/aromatic N) is 2. The maximum absolute atomic E-state index is 12.6. The second-order valence-electron chi connectivity index (χ2n) is 6.35. The number of halogens is 2. The summed E-state index contributed by atoms with van der Waals surface area (Å²) >= 11 is 13.4. The van der Waals surface area contributed by atoms with Crippen LogP contribution in [0.1, 0.15) is 25.5 Å². The van der Waals surface area contributed by atoms with E-state index in [1.54, 1.807) is 26.2 Å². The number of aromatic amines is 1. The minimum atomic E-state index is -0.386. The molecule has 0 aliphatic heterocycles. The number of hydrogen-bond acceptors (Lipinski definition) is 5. The highest BCUT2D eigenvalue weighted by Crippen LogP contribution is 2.28. The summed E-state index contributed by atoms with van der Waals surface area (Å²) in [5.74, 6) is 1.26. The van der Waals surface area contributed by atoms with E-state index < -0.39 is 0 Å². The molecule has 6 nitrogen and oxygen atoms in total. The van der Waals surface area contributed by atoms with Crippen LogP contribution in [0.15, 0.2) is 47.6 Å². The van der Waals surface area contributed by atoms with Crippen molar-refractivity contribution in [3.05, 3.63) is 58.1 Å². The summed E-state index contributed by atoms with van der Waals surface area (Å²) in [4.78, 5) is 17.0. The number of carbonyl (C=O) groups excluding carboxylic acids is 1. The normalized spacial score (nSPS) is 13.0. The molecule has 3 rings (SSSR count). The average Bonchev–Trinajstić information content (AvgIpc) is 3.16. The number of H-pyrrole nitrogens is 1. The Morgan fingerprint density at radius 1 is 1.17 bits per heavy atom. The minimum Gasteiger partial charge on any atom is -0.497 e. The maximum atomic E-state index is 12.6. The van der Waals surface area contributed by atoms with Crippen molar-refractivity contribution in [3.63, 3.8) is 0 Å². The van der Waals surface area contributed by atoms with Crippen molar-refractivity contribution < 1.29 is 9.53 Å². The monoisotopic (exact) mass is 450 g/mol. The number of nitrogens with one attached hydrogen (secondary N) is 2. The molecule has 0 aliphatic carbocycles. The van der Waals surface area contributed by atoms with Crippen molar-refractivity contribution in [2.24, 2.45) is 0 Å². The lowest BCUT2D eigenvalue weighted by atomic mass is 10.1. The van der Waals surface area contributed by atoms with Gasteiger partial charge in [-0.25, -0.2) is 4.98 Å². The van der Waals surface area contributed by atoms with Gasteiger partial charge in [-0.3, -0.25) is 9.89 Å². The van der Waals surface area contributed by atoms with Crippen LogP contribution in [0.2, 0.25) is 10.0 Å². The van der Waals surface area contributed by atoms with Crippen LogP contribution in [0.5, 0.6) is 5.75 Å². The van der Waals surface area contributed by atoms with Gasteiger partial charge in [0.05, 0.1) is 18.4 Å². The number of hydrogen-bond donors (Lipinski definition) is 2. The first-order valence-electron chi connectivity index (χ1n) is 8.86. The van der Waals surface area contributed by atoms with Crippen molar-refractivity contribution in [1.82, 2.24) is 20.5 Å². The molecular formula is C20H20Cl2N4O2S. The average molecular weight is 451 g/mol. The molecule has 0 saturated carbocycles. The van der Waals surface area contributed by atoms with Gasteiger partial charge >= 0.3 is 0 Å². The molecule has 1 amide bonds. The summed E-state index contributed by atoms with van der Waals surface area (Å²) in [5, 5.41) is 11.2. The number of ether oxygens (including phenoxy) is 1. The standard InChI is InChI=1S/C20H20Cl2N4O2S/c1-11(16-9-6-14(21)10-17(16)22)23-19(27)12(2)29-20-24-18(25-26-20)13-4-7-15(28-3)8-5-13/h4-12H,1-3H3,(H,23,27)(H,24,25,26). The fraction of sp³-hybridized carbons (Fsp3) is 0.250. The molecule has 2 atom stereocenters. The topological polar surface area (TPSA) is 79.9 Å². The lowest BCUT2D eigenvalue weighted by Crippen LogP contribution is -2.33. The second kappa shape index (κ2) is 9.52. The Morgan fingerprint density at radius 2 is 1.90 bits per heavy atom. The van der Waals surface area contributed by atoms with E-state index in [4.69, 9.17) is 27.9 Å². The van der Waals surface area contributed by atoms with Crippen molar-refractivity contribution >= 4 is 40.9 Å². The minimum absolute atomic E-state index is 0.135. The van der Waals surface area contributed by atoms with E-state index in [9.17, 15) is 4.79 Å². The third-order valence-corrected chi connectivity index (χ3v) is 5.79. The van der Waals surface area contributed by atoms with Crippen molar-refractivity contribution in [2.75, 3.05) is 7.11 Å². The van der Waals surface area contributed by atoms with Crippen LogP contribution >= 0.6 is 35.0 Å². The lowest BCUT2D eigenvalue weighted by molar-refractivity contribution is -0.120. The highest BCUT2D eigenvalue weighted by Gasteiger charge is 2.20. The van der Waals surface area contributed by atoms with Crippen molar-refractivity contribution in [3.8, 4) is 17.1 Å². The van der Waals surface area contributed by atoms with E-state index in [1.165, 1.54) is 11.8 Å². The molecule has 9 heteroatoms. The predicted molar refractivity (Wildman–Crippen MR) is 117 cm³/mol. The SMILES string of the molecule is COc1ccc(-c2nc(SC(C)C(=O)NC(C)c3ccc(Cl)cc3Cl)n[nH]2)cc1. The first-order valence-corrected chi connectivity index (χ1v) is 10.5. The highest BCUT2D eigenvalue weighted by molar-refractivity contribution is 8.00. The van der Waals surface area contributed by atoms with Crippen LogP contribution in [0.3, 0.4) is 0 Å². The van der Waals surface area contributed by atoms with Gasteiger partial charge in [0.2, 0.25) is 11.1 Å². The molecule has 152 valence electrons. The molecule has 0 bridgehead atoms. The summed E-state index contributed by atoms with van der Waals surface area (Å²) in [6.45, 7) is 3.68. The summed E-state index contributed by atoms with van der Waals surface area (Å²) in [6, 6.07) is 12.4. The molecule has 1 aromatic heterocycles. The van der Waals surface area contributed by atoms with Crippen LogP contribution in [0.4, 0.5) is 0 Å². The zero-order chi connectivity index (χ0) is 21.0. The van der Waals surface area contributed by atoms with Gasteiger partial charge in [0, 0.05) is 15.6 Å². The Labute approximate surface area is 183 Å². The highest BCUT2D eigenvalue weighted by atomic mass is 35.5. The smallest absolute Gasteiger partial charge is 0.233 e. The van der Waals surface area contributed by atoms with Gasteiger partial charge in [-0.15, -0.1) is 5.10 Å². The number of methoxy groups -OCH3 is 1. The quantitative estimate of drug-likeness (QED) is 0.486. The number of thioether (sulfide) groups is 1. The summed E-state index contributed by atoms with van der Waals surface area (Å²) in [7, 11) is 1.62.